The summed E-state index contributed by atoms with van der Waals surface area (Å²) in [5, 5.41) is 20.5. The standard InChI is InChI=1S/C15H20N2O2S/c1-11-8-12(10-20-11)14-9-13(16)2-3-15(14)17(4-6-18)5-7-19/h2-3,8-10,18-19H,4-7,16H2,1H3. The Morgan fingerprint density at radius 2 is 1.85 bits per heavy atom. The minimum atomic E-state index is 0.0481. The van der Waals surface area contributed by atoms with Gasteiger partial charge in [-0.15, -0.1) is 11.3 Å². The first-order valence-corrected chi connectivity index (χ1v) is 7.45. The smallest absolute Gasteiger partial charge is 0.0606 e. The van der Waals surface area contributed by atoms with E-state index in [1.54, 1.807) is 11.3 Å². The molecule has 1 heterocycles. The molecule has 0 bridgehead atoms. The zero-order valence-corrected chi connectivity index (χ0v) is 12.4. The number of anilines is 2. The Labute approximate surface area is 123 Å². The van der Waals surface area contributed by atoms with Gasteiger partial charge in [0, 0.05) is 34.9 Å². The SMILES string of the molecule is Cc1cc(-c2cc(N)ccc2N(CCO)CCO)cs1. The number of thiophene rings is 1. The molecule has 0 unspecified atom stereocenters. The molecule has 0 saturated heterocycles. The quantitative estimate of drug-likeness (QED) is 0.713. The van der Waals surface area contributed by atoms with Gasteiger partial charge >= 0.3 is 0 Å². The summed E-state index contributed by atoms with van der Waals surface area (Å²) < 4.78 is 0. The summed E-state index contributed by atoms with van der Waals surface area (Å²) in [6, 6.07) is 7.86. The van der Waals surface area contributed by atoms with Crippen LogP contribution < -0.4 is 10.6 Å². The van der Waals surface area contributed by atoms with Crippen molar-refractivity contribution < 1.29 is 10.2 Å². The molecule has 0 amide bonds. The van der Waals surface area contributed by atoms with Crippen LogP contribution in [0.5, 0.6) is 0 Å². The first kappa shape index (κ1) is 14.8. The predicted octanol–water partition coefficient (Wildman–Crippen LogP) is 2.10. The van der Waals surface area contributed by atoms with Crippen LogP contribution in [0.1, 0.15) is 4.88 Å². The van der Waals surface area contributed by atoms with Gasteiger partial charge in [0.05, 0.1) is 13.2 Å². The van der Waals surface area contributed by atoms with Gasteiger partial charge in [0.15, 0.2) is 0 Å². The molecule has 108 valence electrons. The fourth-order valence-electron chi connectivity index (χ4n) is 2.24. The Kier molecular flexibility index (Phi) is 5.00. The number of hydrogen-bond acceptors (Lipinski definition) is 5. The molecule has 4 N–H and O–H groups in total. The highest BCUT2D eigenvalue weighted by Gasteiger charge is 2.13. The van der Waals surface area contributed by atoms with E-state index in [1.807, 2.05) is 23.1 Å². The molecule has 0 aliphatic rings. The highest BCUT2D eigenvalue weighted by Crippen LogP contribution is 2.35. The van der Waals surface area contributed by atoms with E-state index in [4.69, 9.17) is 5.73 Å². The zero-order chi connectivity index (χ0) is 14.5. The number of benzene rings is 1. The zero-order valence-electron chi connectivity index (χ0n) is 11.5. The van der Waals surface area contributed by atoms with Crippen LogP contribution in [-0.2, 0) is 0 Å². The van der Waals surface area contributed by atoms with E-state index in [0.717, 1.165) is 16.8 Å². The van der Waals surface area contributed by atoms with Crippen LogP contribution in [0, 0.1) is 6.92 Å². The molecule has 0 fully saturated rings. The molecule has 1 aromatic heterocycles. The summed E-state index contributed by atoms with van der Waals surface area (Å²) in [6.07, 6.45) is 0. The lowest BCUT2D eigenvalue weighted by Crippen LogP contribution is -2.30. The van der Waals surface area contributed by atoms with E-state index in [9.17, 15) is 10.2 Å². The van der Waals surface area contributed by atoms with E-state index in [0.29, 0.717) is 18.8 Å². The predicted molar refractivity (Wildman–Crippen MR) is 85.3 cm³/mol. The van der Waals surface area contributed by atoms with Crippen molar-refractivity contribution in [2.75, 3.05) is 36.9 Å². The van der Waals surface area contributed by atoms with Crippen molar-refractivity contribution >= 4 is 22.7 Å². The van der Waals surface area contributed by atoms with E-state index in [1.165, 1.54) is 4.88 Å². The molecule has 4 nitrogen and oxygen atoms in total. The molecular weight excluding hydrogens is 272 g/mol. The van der Waals surface area contributed by atoms with Crippen LogP contribution in [0.4, 0.5) is 11.4 Å². The molecule has 0 aliphatic carbocycles. The molecule has 0 atom stereocenters. The molecule has 2 aromatic rings. The monoisotopic (exact) mass is 292 g/mol. The average Bonchev–Trinajstić information content (AvgIpc) is 2.85. The highest BCUT2D eigenvalue weighted by atomic mass is 32.1. The number of aryl methyl sites for hydroxylation is 1. The van der Waals surface area contributed by atoms with Crippen molar-refractivity contribution in [2.45, 2.75) is 6.92 Å². The van der Waals surface area contributed by atoms with Crippen molar-refractivity contribution in [2.24, 2.45) is 0 Å². The lowest BCUT2D eigenvalue weighted by Gasteiger charge is -2.25. The van der Waals surface area contributed by atoms with Crippen molar-refractivity contribution in [1.29, 1.82) is 0 Å². The van der Waals surface area contributed by atoms with E-state index in [-0.39, 0.29) is 13.2 Å². The third kappa shape index (κ3) is 3.30. The molecular formula is C15H20N2O2S. The van der Waals surface area contributed by atoms with Crippen molar-refractivity contribution in [3.63, 3.8) is 0 Å². The van der Waals surface area contributed by atoms with Crippen LogP contribution >= 0.6 is 11.3 Å². The van der Waals surface area contributed by atoms with E-state index in [2.05, 4.69) is 18.4 Å². The number of hydrogen-bond donors (Lipinski definition) is 3. The lowest BCUT2D eigenvalue weighted by molar-refractivity contribution is 0.281. The van der Waals surface area contributed by atoms with Crippen LogP contribution in [0.15, 0.2) is 29.6 Å². The van der Waals surface area contributed by atoms with Crippen molar-refractivity contribution in [3.05, 3.63) is 34.5 Å². The van der Waals surface area contributed by atoms with Gasteiger partial charge in [0.25, 0.3) is 0 Å². The maximum Gasteiger partial charge on any atom is 0.0606 e. The Morgan fingerprint density at radius 3 is 2.40 bits per heavy atom. The second-order valence-corrected chi connectivity index (χ2v) is 5.77. The van der Waals surface area contributed by atoms with Crippen molar-refractivity contribution in [1.82, 2.24) is 0 Å². The molecule has 1 aromatic carbocycles. The lowest BCUT2D eigenvalue weighted by atomic mass is 10.0. The Balaban J connectivity index is 2.46. The van der Waals surface area contributed by atoms with Gasteiger partial charge in [-0.3, -0.25) is 0 Å². The van der Waals surface area contributed by atoms with Gasteiger partial charge < -0.3 is 20.8 Å². The van der Waals surface area contributed by atoms with E-state index < -0.39 is 0 Å². The van der Waals surface area contributed by atoms with Gasteiger partial charge in [-0.1, -0.05) is 0 Å². The Hall–Kier alpha value is -1.56. The largest absolute Gasteiger partial charge is 0.399 e. The fraction of sp³-hybridized carbons (Fsp3) is 0.333. The Bertz CT molecular complexity index is 563. The Morgan fingerprint density at radius 1 is 1.15 bits per heavy atom. The summed E-state index contributed by atoms with van der Waals surface area (Å²) in [6.45, 7) is 3.14. The van der Waals surface area contributed by atoms with Gasteiger partial charge in [0.2, 0.25) is 0 Å². The van der Waals surface area contributed by atoms with Crippen LogP contribution in [0.2, 0.25) is 0 Å². The molecule has 2 rings (SSSR count). The first-order chi connectivity index (χ1) is 9.65. The highest BCUT2D eigenvalue weighted by molar-refractivity contribution is 7.10. The number of aliphatic hydroxyl groups is 2. The van der Waals surface area contributed by atoms with Gasteiger partial charge in [-0.25, -0.2) is 0 Å². The molecule has 0 saturated carbocycles. The molecule has 5 heteroatoms. The fourth-order valence-corrected chi connectivity index (χ4v) is 2.94. The van der Waals surface area contributed by atoms with E-state index >= 15 is 0 Å². The second-order valence-electron chi connectivity index (χ2n) is 4.66. The van der Waals surface area contributed by atoms with Crippen LogP contribution in [0.25, 0.3) is 11.1 Å². The molecule has 0 spiro atoms. The van der Waals surface area contributed by atoms with Crippen molar-refractivity contribution in [3.8, 4) is 11.1 Å². The summed E-state index contributed by atoms with van der Waals surface area (Å²) in [5.41, 5.74) is 9.76. The maximum absolute atomic E-state index is 9.20. The van der Waals surface area contributed by atoms with Gasteiger partial charge in [-0.2, -0.15) is 0 Å². The maximum atomic E-state index is 9.20. The number of nitrogens with zero attached hydrogens (tertiary/aromatic N) is 1. The first-order valence-electron chi connectivity index (χ1n) is 6.57. The second kappa shape index (κ2) is 6.74. The summed E-state index contributed by atoms with van der Waals surface area (Å²) in [5.74, 6) is 0. The van der Waals surface area contributed by atoms with Crippen LogP contribution in [-0.4, -0.2) is 36.5 Å². The number of rotatable bonds is 6. The normalized spacial score (nSPS) is 10.8. The third-order valence-corrected chi connectivity index (χ3v) is 4.00. The topological polar surface area (TPSA) is 69.7 Å². The number of nitrogens with two attached hydrogens (primary N) is 1. The van der Waals surface area contributed by atoms with Gasteiger partial charge in [-0.05, 0) is 42.1 Å². The number of nitrogen functional groups attached to an aromatic ring is 1. The molecule has 0 aliphatic heterocycles. The summed E-state index contributed by atoms with van der Waals surface area (Å²) >= 11 is 1.69. The van der Waals surface area contributed by atoms with Gasteiger partial charge in [0.1, 0.15) is 0 Å². The minimum Gasteiger partial charge on any atom is -0.399 e. The van der Waals surface area contributed by atoms with Crippen LogP contribution in [0.3, 0.4) is 0 Å². The minimum absolute atomic E-state index is 0.0481. The summed E-state index contributed by atoms with van der Waals surface area (Å²) in [4.78, 5) is 3.21. The molecule has 20 heavy (non-hydrogen) atoms. The molecule has 0 radical (unpaired) electrons. The third-order valence-electron chi connectivity index (χ3n) is 3.14. The number of aliphatic hydroxyl groups excluding tert-OH is 2. The summed E-state index contributed by atoms with van der Waals surface area (Å²) in [7, 11) is 0. The average molecular weight is 292 g/mol.